The molecule has 0 aromatic heterocycles. The zero-order chi connectivity index (χ0) is 7.49. The zero-order valence-corrected chi connectivity index (χ0v) is 5.95. The Morgan fingerprint density at radius 2 is 2.11 bits per heavy atom. The highest BCUT2D eigenvalue weighted by atomic mass is 31.2. The van der Waals surface area contributed by atoms with Crippen LogP contribution in [0.2, 0.25) is 0 Å². The Hall–Kier alpha value is -0.168. The van der Waals surface area contributed by atoms with Crippen molar-refractivity contribution in [2.24, 2.45) is 0 Å². The monoisotopic (exact) mass is 168 g/mol. The molecule has 9 heteroatoms. The lowest BCUT2D eigenvalue weighted by molar-refractivity contribution is 0.256. The van der Waals surface area contributed by atoms with Crippen LogP contribution in [0.3, 0.4) is 0 Å². The van der Waals surface area contributed by atoms with Gasteiger partial charge < -0.3 is 13.4 Å². The van der Waals surface area contributed by atoms with Crippen LogP contribution in [0.4, 0.5) is 0 Å². The van der Waals surface area contributed by atoms with E-state index in [0.29, 0.717) is 0 Å². The third-order valence-electron chi connectivity index (χ3n) is 0.327. The third-order valence-corrected chi connectivity index (χ3v) is 2.14. The summed E-state index contributed by atoms with van der Waals surface area (Å²) in [6.45, 7) is 0. The van der Waals surface area contributed by atoms with Crippen molar-refractivity contribution in [3.63, 3.8) is 0 Å². The van der Waals surface area contributed by atoms with Crippen LogP contribution >= 0.6 is 7.82 Å². The summed E-state index contributed by atoms with van der Waals surface area (Å²) in [6, 6.07) is 0. The first-order chi connectivity index (χ1) is 3.98. The van der Waals surface area contributed by atoms with E-state index in [1.807, 2.05) is 0 Å². The maximum absolute atomic E-state index is 10.0. The van der Waals surface area contributed by atoms with Crippen LogP contribution in [-0.4, -0.2) is 26.9 Å². The van der Waals surface area contributed by atoms with Gasteiger partial charge in [-0.15, -0.1) is 0 Å². The fraction of sp³-hybridized carbons (Fsp3) is 0. The van der Waals surface area contributed by atoms with E-state index in [9.17, 15) is 9.03 Å². The van der Waals surface area contributed by atoms with Gasteiger partial charge in [-0.2, -0.15) is 0 Å². The molecule has 0 aliphatic rings. The normalized spacial score (nSPS) is 16.1. The Morgan fingerprint density at radius 1 is 1.67 bits per heavy atom. The van der Waals surface area contributed by atoms with E-state index in [1.54, 1.807) is 0 Å². The molecule has 9 heavy (non-hydrogen) atoms. The number of hydrogen-bond acceptors (Lipinski definition) is 4. The molecule has 0 rings (SSSR count). The van der Waals surface area contributed by atoms with Crippen LogP contribution in [0.15, 0.2) is 0 Å². The summed E-state index contributed by atoms with van der Waals surface area (Å²) in [7, 11) is -3.76. The lowest BCUT2D eigenvalue weighted by atomic mass is 10.6. The van der Waals surface area contributed by atoms with Gasteiger partial charge in [0.2, 0.25) is 0 Å². The second kappa shape index (κ2) is 3.12. The van der Waals surface area contributed by atoms with Crippen molar-refractivity contribution in [1.29, 1.82) is 0 Å². The van der Waals surface area contributed by atoms with E-state index < -0.39 is 17.0 Å². The van der Waals surface area contributed by atoms with Gasteiger partial charge in [0.25, 0.3) is 0 Å². The molecule has 50 valence electrons. The average Bonchev–Trinajstić information content (AvgIpc) is 1.63. The summed E-state index contributed by atoms with van der Waals surface area (Å²) in [6.07, 6.45) is 0. The Balaban J connectivity index is 3.88. The quantitative estimate of drug-likeness (QED) is 0.398. The van der Waals surface area contributed by atoms with Gasteiger partial charge >= 0.3 is 25.0 Å². The minimum absolute atomic E-state index is 3.30. The van der Waals surface area contributed by atoms with Crippen molar-refractivity contribution in [3.05, 3.63) is 0 Å². The zero-order valence-electron chi connectivity index (χ0n) is 4.05. The number of rotatable bonds is 3. The van der Waals surface area contributed by atoms with Crippen molar-refractivity contribution in [3.8, 4) is 0 Å². The molecular weight excluding hydrogens is 166 g/mol. The molecular formula is H2BO6PSi. The predicted octanol–water partition coefficient (Wildman–Crippen LogP) is -1.39. The van der Waals surface area contributed by atoms with Crippen molar-refractivity contribution >= 4 is 25.0 Å². The Labute approximate surface area is 53.4 Å². The van der Waals surface area contributed by atoms with E-state index in [4.69, 9.17) is 9.69 Å². The molecule has 6 nitrogen and oxygen atoms in total. The van der Waals surface area contributed by atoms with Gasteiger partial charge in [0.15, 0.2) is 0 Å². The van der Waals surface area contributed by atoms with Crippen molar-refractivity contribution in [1.82, 2.24) is 0 Å². The van der Waals surface area contributed by atoms with E-state index in [0.717, 1.165) is 0 Å². The molecule has 0 aromatic carbocycles. The minimum Gasteiger partial charge on any atom is -0.511 e. The van der Waals surface area contributed by atoms with Gasteiger partial charge in [0.1, 0.15) is 0 Å². The molecule has 0 saturated carbocycles. The van der Waals surface area contributed by atoms with Crippen LogP contribution in [0, 0.1) is 0 Å². The highest BCUT2D eigenvalue weighted by Gasteiger charge is 2.24. The van der Waals surface area contributed by atoms with Crippen LogP contribution in [0.5, 0.6) is 0 Å². The molecule has 0 aromatic rings. The van der Waals surface area contributed by atoms with Gasteiger partial charge in [-0.05, 0) is 0 Å². The number of hydrogen-bond donors (Lipinski definition) is 2. The smallest absolute Gasteiger partial charge is 0.511 e. The highest BCUT2D eigenvalue weighted by molar-refractivity contribution is 7.49. The van der Waals surface area contributed by atoms with E-state index in [1.165, 1.54) is 0 Å². The SMILES string of the molecule is [B]OP(=O)(O)O[Si](=O)O. The molecule has 1 unspecified atom stereocenters. The maximum atomic E-state index is 10.0. The van der Waals surface area contributed by atoms with Crippen molar-refractivity contribution < 1.29 is 27.4 Å². The molecule has 0 fully saturated rings. The van der Waals surface area contributed by atoms with Gasteiger partial charge in [-0.3, -0.25) is 9.36 Å². The van der Waals surface area contributed by atoms with Gasteiger partial charge in [-0.1, -0.05) is 0 Å². The maximum Gasteiger partial charge on any atom is 0.772 e. The van der Waals surface area contributed by atoms with Crippen molar-refractivity contribution in [2.45, 2.75) is 0 Å². The topological polar surface area (TPSA) is 93.1 Å². The molecule has 0 saturated heterocycles. The fourth-order valence-corrected chi connectivity index (χ4v) is 1.08. The largest absolute Gasteiger partial charge is 0.772 e. The fourth-order valence-electron chi connectivity index (χ4n) is 0.120. The first-order valence-electron chi connectivity index (χ1n) is 1.62. The van der Waals surface area contributed by atoms with Gasteiger partial charge in [0, 0.05) is 0 Å². The average molecular weight is 168 g/mol. The molecule has 0 aliphatic carbocycles. The van der Waals surface area contributed by atoms with Crippen LogP contribution < -0.4 is 0 Å². The first-order valence-corrected chi connectivity index (χ1v) is 4.37. The standard InChI is InChI=1S/BH2O6PSi/c1-6-8(2,3)7-9(4)5/h4H,(H,2,3). The van der Waals surface area contributed by atoms with Crippen LogP contribution in [0.25, 0.3) is 0 Å². The minimum atomic E-state index is -4.47. The molecule has 2 N–H and O–H groups in total. The Kier molecular flexibility index (Phi) is 3.06. The summed E-state index contributed by atoms with van der Waals surface area (Å²) in [5.74, 6) is 0. The molecule has 0 spiro atoms. The van der Waals surface area contributed by atoms with E-state index >= 15 is 0 Å². The second-order valence-electron chi connectivity index (χ2n) is 0.931. The summed E-state index contributed by atoms with van der Waals surface area (Å²) < 4.78 is 26.5. The van der Waals surface area contributed by atoms with Crippen LogP contribution in [-0.2, 0) is 17.7 Å². The second-order valence-corrected chi connectivity index (χ2v) is 3.34. The third kappa shape index (κ3) is 4.34. The summed E-state index contributed by atoms with van der Waals surface area (Å²) in [4.78, 5) is 16.0. The van der Waals surface area contributed by atoms with Crippen LogP contribution in [0.1, 0.15) is 0 Å². The van der Waals surface area contributed by atoms with Crippen molar-refractivity contribution in [2.75, 3.05) is 0 Å². The molecule has 0 aliphatic heterocycles. The lowest BCUT2D eigenvalue weighted by Gasteiger charge is -2.04. The highest BCUT2D eigenvalue weighted by Crippen LogP contribution is 2.40. The Morgan fingerprint density at radius 3 is 2.22 bits per heavy atom. The number of phosphoric acid groups is 1. The molecule has 0 amide bonds. The van der Waals surface area contributed by atoms with E-state index in [-0.39, 0.29) is 0 Å². The van der Waals surface area contributed by atoms with E-state index in [2.05, 4.69) is 16.7 Å². The molecule has 0 bridgehead atoms. The summed E-state index contributed by atoms with van der Waals surface area (Å²) >= 11 is 0. The van der Waals surface area contributed by atoms with Gasteiger partial charge in [-0.25, -0.2) is 4.57 Å². The van der Waals surface area contributed by atoms with Gasteiger partial charge in [0.05, 0.1) is 0 Å². The first kappa shape index (κ1) is 8.83. The summed E-state index contributed by atoms with van der Waals surface area (Å²) in [5.41, 5.74) is 0. The predicted molar refractivity (Wildman–Crippen MR) is 26.4 cm³/mol. The molecule has 1 atom stereocenters. The lowest BCUT2D eigenvalue weighted by Crippen LogP contribution is -2.03. The molecule has 2 radical (unpaired) electrons. The molecule has 0 heterocycles. The summed E-state index contributed by atoms with van der Waals surface area (Å²) in [5, 5.41) is 0. The Bertz CT molecular complexity index is 153.